The minimum Gasteiger partial charge on any atom is -0.345 e. The summed E-state index contributed by atoms with van der Waals surface area (Å²) in [6, 6.07) is 13.9. The van der Waals surface area contributed by atoms with Crippen LogP contribution < -0.4 is 0 Å². The molecule has 0 radical (unpaired) electrons. The molecule has 2 aromatic carbocycles. The fourth-order valence-corrected chi connectivity index (χ4v) is 4.19. The van der Waals surface area contributed by atoms with Crippen LogP contribution in [0.1, 0.15) is 11.1 Å². The van der Waals surface area contributed by atoms with Crippen LogP contribution in [0.2, 0.25) is 0 Å². The molecule has 4 nitrogen and oxygen atoms in total. The van der Waals surface area contributed by atoms with E-state index in [-0.39, 0.29) is 0 Å². The van der Waals surface area contributed by atoms with Gasteiger partial charge < -0.3 is 18.9 Å². The molecule has 1 aliphatic rings. The predicted molar refractivity (Wildman–Crippen MR) is 91.0 cm³/mol. The Labute approximate surface area is 144 Å². The maximum Gasteiger partial charge on any atom is 0.257 e. The van der Waals surface area contributed by atoms with Gasteiger partial charge in [-0.1, -0.05) is 52.3 Å². The second-order valence-corrected chi connectivity index (χ2v) is 6.11. The molecule has 0 saturated carbocycles. The molecule has 1 aliphatic carbocycles. The first-order chi connectivity index (χ1) is 11.1. The van der Waals surface area contributed by atoms with Crippen molar-refractivity contribution in [3.63, 3.8) is 0 Å². The van der Waals surface area contributed by atoms with Gasteiger partial charge in [0.25, 0.3) is 11.6 Å². The summed E-state index contributed by atoms with van der Waals surface area (Å²) in [6.45, 7) is 0. The third-order valence-electron chi connectivity index (χ3n) is 4.50. The number of rotatable bonds is 4. The van der Waals surface area contributed by atoms with Gasteiger partial charge in [-0.2, -0.15) is 0 Å². The molecule has 23 heavy (non-hydrogen) atoms. The quantitative estimate of drug-likeness (QED) is 0.752. The van der Waals surface area contributed by atoms with Gasteiger partial charge in [-0.25, -0.2) is 0 Å². The lowest BCUT2D eigenvalue weighted by atomic mass is 9.77. The summed E-state index contributed by atoms with van der Waals surface area (Å²) in [4.78, 5) is 0. The first-order valence-electron chi connectivity index (χ1n) is 7.21. The molecular weight excluding hydrogens is 360 g/mol. The van der Waals surface area contributed by atoms with Crippen LogP contribution in [0.4, 0.5) is 0 Å². The van der Waals surface area contributed by atoms with Gasteiger partial charge in [-0.3, -0.25) is 0 Å². The monoisotopic (exact) mass is 378 g/mol. The molecule has 0 heterocycles. The van der Waals surface area contributed by atoms with E-state index in [0.29, 0.717) is 0 Å². The van der Waals surface area contributed by atoms with Crippen molar-refractivity contribution in [1.82, 2.24) is 0 Å². The fraction of sp³-hybridized carbons (Fsp3) is 0.333. The third-order valence-corrected chi connectivity index (χ3v) is 5.16. The summed E-state index contributed by atoms with van der Waals surface area (Å²) < 4.78 is 24.4. The topological polar surface area (TPSA) is 36.9 Å². The van der Waals surface area contributed by atoms with Crippen molar-refractivity contribution in [2.45, 2.75) is 11.6 Å². The van der Waals surface area contributed by atoms with E-state index in [1.807, 2.05) is 42.5 Å². The molecule has 122 valence electrons. The Balaban J connectivity index is 2.50. The summed E-state index contributed by atoms with van der Waals surface area (Å²) in [5.74, 6) is -2.48. The second kappa shape index (κ2) is 6.00. The Morgan fingerprint density at radius 1 is 0.696 bits per heavy atom. The van der Waals surface area contributed by atoms with E-state index in [4.69, 9.17) is 18.9 Å². The van der Waals surface area contributed by atoms with Gasteiger partial charge in [-0.05, 0) is 17.2 Å². The zero-order chi connectivity index (χ0) is 16.7. The first kappa shape index (κ1) is 16.6. The molecule has 0 aromatic heterocycles. The molecule has 0 bridgehead atoms. The van der Waals surface area contributed by atoms with Gasteiger partial charge in [0.2, 0.25) is 0 Å². The van der Waals surface area contributed by atoms with Crippen molar-refractivity contribution < 1.29 is 18.9 Å². The average molecular weight is 379 g/mol. The van der Waals surface area contributed by atoms with E-state index < -0.39 is 11.6 Å². The zero-order valence-corrected chi connectivity index (χ0v) is 15.1. The number of benzene rings is 2. The van der Waals surface area contributed by atoms with Gasteiger partial charge in [0, 0.05) is 44.0 Å². The van der Waals surface area contributed by atoms with Crippen LogP contribution in [0, 0.1) is 0 Å². The number of halogens is 1. The number of methoxy groups -OCH3 is 4. The molecule has 0 spiro atoms. The predicted octanol–water partition coefficient (Wildman–Crippen LogP) is 4.02. The second-order valence-electron chi connectivity index (χ2n) is 5.26. The largest absolute Gasteiger partial charge is 0.345 e. The number of hydrogen-bond donors (Lipinski definition) is 0. The lowest BCUT2D eigenvalue weighted by Gasteiger charge is -2.50. The summed E-state index contributed by atoms with van der Waals surface area (Å²) in [5.41, 5.74) is 3.74. The Morgan fingerprint density at radius 2 is 1.26 bits per heavy atom. The van der Waals surface area contributed by atoms with Crippen molar-refractivity contribution in [2.24, 2.45) is 0 Å². The molecule has 0 saturated heterocycles. The Kier molecular flexibility index (Phi) is 4.33. The third kappa shape index (κ3) is 1.98. The van der Waals surface area contributed by atoms with E-state index >= 15 is 0 Å². The van der Waals surface area contributed by atoms with Crippen LogP contribution in [-0.4, -0.2) is 28.4 Å². The van der Waals surface area contributed by atoms with Crippen molar-refractivity contribution in [1.29, 1.82) is 0 Å². The number of ether oxygens (including phenoxy) is 4. The molecule has 2 aromatic rings. The highest BCUT2D eigenvalue weighted by atomic mass is 79.9. The van der Waals surface area contributed by atoms with Crippen molar-refractivity contribution >= 4 is 15.9 Å². The molecule has 0 fully saturated rings. The number of fused-ring (bicyclic) bond motifs is 3. The SMILES string of the molecule is COC1(OC)c2ccccc2-c2cccc(Br)c2C1(OC)OC. The normalized spacial score (nSPS) is 17.4. The van der Waals surface area contributed by atoms with Crippen LogP contribution >= 0.6 is 15.9 Å². The average Bonchev–Trinajstić information content (AvgIpc) is 2.61. The maximum atomic E-state index is 5.89. The lowest BCUT2D eigenvalue weighted by Crippen LogP contribution is -2.56. The van der Waals surface area contributed by atoms with Crippen molar-refractivity contribution in [3.8, 4) is 11.1 Å². The number of hydrogen-bond acceptors (Lipinski definition) is 4. The Morgan fingerprint density at radius 3 is 1.87 bits per heavy atom. The van der Waals surface area contributed by atoms with Gasteiger partial charge >= 0.3 is 0 Å². The van der Waals surface area contributed by atoms with E-state index in [1.165, 1.54) is 0 Å². The smallest absolute Gasteiger partial charge is 0.257 e. The van der Waals surface area contributed by atoms with Gasteiger partial charge in [-0.15, -0.1) is 0 Å². The Hall–Kier alpha value is -1.24. The minimum atomic E-state index is -1.25. The standard InChI is InChI=1S/C18H19BrO4/c1-20-17(21-2)14-10-6-5-8-12(14)13-9-7-11-15(19)16(13)18(17,22-3)23-4/h5-11H,1-4H3. The highest BCUT2D eigenvalue weighted by molar-refractivity contribution is 9.10. The summed E-state index contributed by atoms with van der Waals surface area (Å²) in [7, 11) is 6.37. The van der Waals surface area contributed by atoms with Crippen LogP contribution in [0.25, 0.3) is 11.1 Å². The van der Waals surface area contributed by atoms with Crippen LogP contribution in [0.15, 0.2) is 46.9 Å². The van der Waals surface area contributed by atoms with E-state index in [9.17, 15) is 0 Å². The van der Waals surface area contributed by atoms with Crippen LogP contribution in [-0.2, 0) is 30.5 Å². The van der Waals surface area contributed by atoms with Gasteiger partial charge in [0.05, 0.1) is 0 Å². The molecule has 0 N–H and O–H groups in total. The molecule has 0 amide bonds. The van der Waals surface area contributed by atoms with Crippen molar-refractivity contribution in [3.05, 3.63) is 58.1 Å². The highest BCUT2D eigenvalue weighted by Gasteiger charge is 2.62. The van der Waals surface area contributed by atoms with E-state index in [0.717, 1.165) is 26.7 Å². The molecule has 0 unspecified atom stereocenters. The lowest BCUT2D eigenvalue weighted by molar-refractivity contribution is -0.407. The Bertz CT molecular complexity index is 721. The zero-order valence-electron chi connectivity index (χ0n) is 13.6. The fourth-order valence-electron chi connectivity index (χ4n) is 3.56. The van der Waals surface area contributed by atoms with Gasteiger partial charge in [0.15, 0.2) is 0 Å². The molecule has 0 aliphatic heterocycles. The van der Waals surface area contributed by atoms with E-state index in [1.54, 1.807) is 28.4 Å². The molecule has 0 atom stereocenters. The van der Waals surface area contributed by atoms with Crippen LogP contribution in [0.3, 0.4) is 0 Å². The van der Waals surface area contributed by atoms with Crippen molar-refractivity contribution in [2.75, 3.05) is 28.4 Å². The maximum absolute atomic E-state index is 5.89. The summed E-state index contributed by atoms with van der Waals surface area (Å²) in [5, 5.41) is 0. The minimum absolute atomic E-state index is 0.840. The molecule has 5 heteroatoms. The highest BCUT2D eigenvalue weighted by Crippen LogP contribution is 2.57. The first-order valence-corrected chi connectivity index (χ1v) is 8.00. The molecular formula is C18H19BrO4. The summed E-state index contributed by atoms with van der Waals surface area (Å²) in [6.07, 6.45) is 0. The summed E-state index contributed by atoms with van der Waals surface area (Å²) >= 11 is 3.63. The van der Waals surface area contributed by atoms with E-state index in [2.05, 4.69) is 15.9 Å². The molecule has 3 rings (SSSR count). The van der Waals surface area contributed by atoms with Gasteiger partial charge in [0.1, 0.15) is 0 Å². The van der Waals surface area contributed by atoms with Crippen LogP contribution in [0.5, 0.6) is 0 Å².